The Bertz CT molecular complexity index is 586. The van der Waals surface area contributed by atoms with E-state index in [1.807, 2.05) is 19.0 Å². The summed E-state index contributed by atoms with van der Waals surface area (Å²) in [5.41, 5.74) is 1.79. The van der Waals surface area contributed by atoms with E-state index in [1.54, 1.807) is 11.0 Å². The van der Waals surface area contributed by atoms with Gasteiger partial charge in [0.2, 0.25) is 5.91 Å². The summed E-state index contributed by atoms with van der Waals surface area (Å²) in [6.45, 7) is 1.76. The maximum atomic E-state index is 12.2. The van der Waals surface area contributed by atoms with Gasteiger partial charge < -0.3 is 14.5 Å². The van der Waals surface area contributed by atoms with Gasteiger partial charge in [-0.05, 0) is 37.7 Å². The quantitative estimate of drug-likeness (QED) is 0.608. The first-order chi connectivity index (χ1) is 10.4. The number of benzene rings is 1. The van der Waals surface area contributed by atoms with Crippen molar-refractivity contribution >= 4 is 11.6 Å². The Balaban J connectivity index is 2.17. The number of ether oxygens (including phenoxy) is 1. The highest BCUT2D eigenvalue weighted by Crippen LogP contribution is 2.33. The van der Waals surface area contributed by atoms with Gasteiger partial charge in [-0.15, -0.1) is 0 Å². The second-order valence-electron chi connectivity index (χ2n) is 5.67. The number of carbonyl (C=O) groups is 1. The standard InChI is InChI=1S/C15H21N3O4/c1-16(2)6-5-15(19)17-7-4-11-9-14(22-3)13(18(20)21)8-12(11)10-17/h8-9H,4-7,10H2,1-3H3. The average molecular weight is 307 g/mol. The van der Waals surface area contributed by atoms with Crippen LogP contribution < -0.4 is 4.74 Å². The summed E-state index contributed by atoms with van der Waals surface area (Å²) in [5, 5.41) is 11.1. The predicted molar refractivity (Wildman–Crippen MR) is 81.9 cm³/mol. The lowest BCUT2D eigenvalue weighted by Gasteiger charge is -2.29. The Morgan fingerprint density at radius 1 is 1.41 bits per heavy atom. The average Bonchev–Trinajstić information content (AvgIpc) is 2.50. The monoisotopic (exact) mass is 307 g/mol. The third-order valence-electron chi connectivity index (χ3n) is 3.84. The maximum Gasteiger partial charge on any atom is 0.311 e. The fraction of sp³-hybridized carbons (Fsp3) is 0.533. The summed E-state index contributed by atoms with van der Waals surface area (Å²) in [6, 6.07) is 3.24. The van der Waals surface area contributed by atoms with Gasteiger partial charge in [0.25, 0.3) is 0 Å². The summed E-state index contributed by atoms with van der Waals surface area (Å²) < 4.78 is 5.08. The van der Waals surface area contributed by atoms with Gasteiger partial charge in [-0.3, -0.25) is 14.9 Å². The first kappa shape index (κ1) is 16.2. The molecular weight excluding hydrogens is 286 g/mol. The molecule has 1 aromatic rings. The molecule has 0 fully saturated rings. The molecule has 1 heterocycles. The van der Waals surface area contributed by atoms with E-state index >= 15 is 0 Å². The number of methoxy groups -OCH3 is 1. The fourth-order valence-electron chi connectivity index (χ4n) is 2.57. The summed E-state index contributed by atoms with van der Waals surface area (Å²) in [7, 11) is 5.28. The van der Waals surface area contributed by atoms with E-state index in [2.05, 4.69) is 0 Å². The van der Waals surface area contributed by atoms with E-state index < -0.39 is 4.92 Å². The minimum atomic E-state index is -0.452. The molecule has 7 heteroatoms. The van der Waals surface area contributed by atoms with Gasteiger partial charge in [0.15, 0.2) is 5.75 Å². The Hall–Kier alpha value is -2.15. The van der Waals surface area contributed by atoms with Crippen LogP contribution in [0, 0.1) is 10.1 Å². The Morgan fingerprint density at radius 3 is 2.73 bits per heavy atom. The van der Waals surface area contributed by atoms with Crippen molar-refractivity contribution in [2.24, 2.45) is 0 Å². The summed E-state index contributed by atoms with van der Waals surface area (Å²) in [4.78, 5) is 26.6. The van der Waals surface area contributed by atoms with Crippen molar-refractivity contribution in [1.82, 2.24) is 9.80 Å². The van der Waals surface area contributed by atoms with Crippen LogP contribution in [0.4, 0.5) is 5.69 Å². The Kier molecular flexibility index (Phi) is 4.97. The number of rotatable bonds is 5. The van der Waals surface area contributed by atoms with E-state index in [0.717, 1.165) is 11.1 Å². The molecule has 0 spiro atoms. The molecule has 0 N–H and O–H groups in total. The molecule has 120 valence electrons. The van der Waals surface area contributed by atoms with Crippen LogP contribution >= 0.6 is 0 Å². The molecule has 0 bridgehead atoms. The van der Waals surface area contributed by atoms with Gasteiger partial charge in [-0.2, -0.15) is 0 Å². The molecule has 0 aromatic heterocycles. The first-order valence-corrected chi connectivity index (χ1v) is 7.19. The Morgan fingerprint density at radius 2 is 2.14 bits per heavy atom. The van der Waals surface area contributed by atoms with Crippen LogP contribution in [0.15, 0.2) is 12.1 Å². The van der Waals surface area contributed by atoms with Crippen molar-refractivity contribution in [3.05, 3.63) is 33.4 Å². The summed E-state index contributed by atoms with van der Waals surface area (Å²) in [6.07, 6.45) is 1.15. The second kappa shape index (κ2) is 6.74. The Labute approximate surface area is 129 Å². The van der Waals surface area contributed by atoms with Crippen LogP contribution in [0.2, 0.25) is 0 Å². The molecule has 2 rings (SSSR count). The number of nitrogens with zero attached hydrogens (tertiary/aromatic N) is 3. The lowest BCUT2D eigenvalue weighted by molar-refractivity contribution is -0.385. The predicted octanol–water partition coefficient (Wildman–Crippen LogP) is 1.44. The van der Waals surface area contributed by atoms with Gasteiger partial charge >= 0.3 is 5.69 Å². The molecule has 0 saturated heterocycles. The molecule has 0 unspecified atom stereocenters. The molecule has 7 nitrogen and oxygen atoms in total. The van der Waals surface area contributed by atoms with Crippen LogP contribution in [0.1, 0.15) is 17.5 Å². The minimum absolute atomic E-state index is 0.0520. The third-order valence-corrected chi connectivity index (χ3v) is 3.84. The van der Waals surface area contributed by atoms with Crippen LogP contribution in [0.3, 0.4) is 0 Å². The number of hydrogen-bond acceptors (Lipinski definition) is 5. The fourth-order valence-corrected chi connectivity index (χ4v) is 2.57. The van der Waals surface area contributed by atoms with E-state index in [0.29, 0.717) is 32.5 Å². The van der Waals surface area contributed by atoms with Crippen LogP contribution in [0.25, 0.3) is 0 Å². The number of carbonyl (C=O) groups excluding carboxylic acids is 1. The lowest BCUT2D eigenvalue weighted by atomic mass is 9.98. The van der Waals surface area contributed by atoms with Crippen molar-refractivity contribution < 1.29 is 14.5 Å². The smallest absolute Gasteiger partial charge is 0.311 e. The number of nitro benzene ring substituents is 1. The minimum Gasteiger partial charge on any atom is -0.490 e. The van der Waals surface area contributed by atoms with Gasteiger partial charge in [0.05, 0.1) is 12.0 Å². The molecule has 0 saturated carbocycles. The molecule has 22 heavy (non-hydrogen) atoms. The number of hydrogen-bond donors (Lipinski definition) is 0. The van der Waals surface area contributed by atoms with E-state index in [1.165, 1.54) is 13.2 Å². The molecule has 0 aliphatic carbocycles. The third kappa shape index (κ3) is 3.54. The van der Waals surface area contributed by atoms with Gasteiger partial charge in [-0.25, -0.2) is 0 Å². The number of fused-ring (bicyclic) bond motifs is 1. The summed E-state index contributed by atoms with van der Waals surface area (Å²) in [5.74, 6) is 0.356. The first-order valence-electron chi connectivity index (χ1n) is 7.19. The molecule has 1 aliphatic heterocycles. The topological polar surface area (TPSA) is 75.9 Å². The van der Waals surface area contributed by atoms with Crippen molar-refractivity contribution in [2.75, 3.05) is 34.3 Å². The van der Waals surface area contributed by atoms with Gasteiger partial charge in [-0.1, -0.05) is 0 Å². The molecule has 0 radical (unpaired) electrons. The van der Waals surface area contributed by atoms with Crippen molar-refractivity contribution in [1.29, 1.82) is 0 Å². The number of amides is 1. The molecule has 0 atom stereocenters. The van der Waals surface area contributed by atoms with Crippen molar-refractivity contribution in [3.8, 4) is 5.75 Å². The SMILES string of the molecule is COc1cc2c(cc1[N+](=O)[O-])CN(C(=O)CCN(C)C)CC2. The highest BCUT2D eigenvalue weighted by Gasteiger charge is 2.25. The zero-order valence-corrected chi connectivity index (χ0v) is 13.2. The highest BCUT2D eigenvalue weighted by molar-refractivity contribution is 5.76. The lowest BCUT2D eigenvalue weighted by Crippen LogP contribution is -2.37. The normalized spacial score (nSPS) is 13.9. The van der Waals surface area contributed by atoms with Gasteiger partial charge in [0, 0.05) is 32.1 Å². The zero-order valence-electron chi connectivity index (χ0n) is 13.2. The summed E-state index contributed by atoms with van der Waals surface area (Å²) >= 11 is 0. The molecular formula is C15H21N3O4. The van der Waals surface area contributed by atoms with Crippen LogP contribution in [0.5, 0.6) is 5.75 Å². The molecule has 1 amide bonds. The highest BCUT2D eigenvalue weighted by atomic mass is 16.6. The van der Waals surface area contributed by atoms with Crippen LogP contribution in [-0.4, -0.2) is 54.9 Å². The number of nitro groups is 1. The largest absolute Gasteiger partial charge is 0.490 e. The van der Waals surface area contributed by atoms with Crippen LogP contribution in [-0.2, 0) is 17.8 Å². The van der Waals surface area contributed by atoms with E-state index in [9.17, 15) is 14.9 Å². The van der Waals surface area contributed by atoms with Gasteiger partial charge in [0.1, 0.15) is 0 Å². The maximum absolute atomic E-state index is 12.2. The zero-order chi connectivity index (χ0) is 16.3. The van der Waals surface area contributed by atoms with Crippen molar-refractivity contribution in [2.45, 2.75) is 19.4 Å². The molecule has 1 aliphatic rings. The molecule has 1 aromatic carbocycles. The van der Waals surface area contributed by atoms with Crippen molar-refractivity contribution in [3.63, 3.8) is 0 Å². The van der Waals surface area contributed by atoms with E-state index in [-0.39, 0.29) is 17.3 Å². The van der Waals surface area contributed by atoms with E-state index in [4.69, 9.17) is 4.74 Å². The second-order valence-corrected chi connectivity index (χ2v) is 5.67.